The molecule has 3 N–H and O–H groups in total. The van der Waals surface area contributed by atoms with Crippen LogP contribution in [0.5, 0.6) is 0 Å². The largest absolute Gasteiger partial charge is 0.448 e. The maximum atomic E-state index is 10.4. The molecule has 1 heterocycles. The fourth-order valence-electron chi connectivity index (χ4n) is 1.84. The van der Waals surface area contributed by atoms with E-state index in [0.717, 1.165) is 22.2 Å². The van der Waals surface area contributed by atoms with Crippen LogP contribution < -0.4 is 11.1 Å². The number of nitrogens with zero attached hydrogens (tertiary/aromatic N) is 1. The van der Waals surface area contributed by atoms with Gasteiger partial charge in [-0.15, -0.1) is 0 Å². The number of carbonyl (C=O) groups excluding carboxylic acids is 1. The monoisotopic (exact) mass is 259 g/mol. The Morgan fingerprint density at radius 1 is 1.37 bits per heavy atom. The first-order valence-corrected chi connectivity index (χ1v) is 6.14. The second kappa shape index (κ2) is 6.15. The number of amides is 1. The van der Waals surface area contributed by atoms with Crippen LogP contribution in [-0.4, -0.2) is 24.2 Å². The number of hydrogen-bond donors (Lipinski definition) is 2. The van der Waals surface area contributed by atoms with Gasteiger partial charge in [-0.3, -0.25) is 4.98 Å². The highest BCUT2D eigenvalue weighted by molar-refractivity contribution is 5.79. The van der Waals surface area contributed by atoms with E-state index >= 15 is 0 Å². The quantitative estimate of drug-likeness (QED) is 0.802. The lowest BCUT2D eigenvalue weighted by Gasteiger charge is -2.06. The summed E-state index contributed by atoms with van der Waals surface area (Å²) in [6.45, 7) is 3.55. The molecule has 5 nitrogen and oxygen atoms in total. The Balaban J connectivity index is 1.91. The second-order valence-electron chi connectivity index (χ2n) is 4.32. The predicted molar refractivity (Wildman–Crippen MR) is 73.7 cm³/mol. The molecule has 0 aliphatic carbocycles. The molecular weight excluding hydrogens is 242 g/mol. The third kappa shape index (κ3) is 3.93. The summed E-state index contributed by atoms with van der Waals surface area (Å²) in [6, 6.07) is 10.2. The van der Waals surface area contributed by atoms with E-state index in [9.17, 15) is 4.79 Å². The van der Waals surface area contributed by atoms with Gasteiger partial charge in [0.2, 0.25) is 0 Å². The lowest BCUT2D eigenvalue weighted by molar-refractivity contribution is 0.157. The SMILES string of the molecule is Cc1ccc2cc(CNCCOC(N)=O)ccc2n1. The van der Waals surface area contributed by atoms with Crippen molar-refractivity contribution in [2.24, 2.45) is 5.73 Å². The van der Waals surface area contributed by atoms with Crippen molar-refractivity contribution in [2.75, 3.05) is 13.2 Å². The van der Waals surface area contributed by atoms with Crippen LogP contribution in [0.25, 0.3) is 10.9 Å². The van der Waals surface area contributed by atoms with Gasteiger partial charge in [-0.1, -0.05) is 12.1 Å². The van der Waals surface area contributed by atoms with Crippen molar-refractivity contribution in [1.82, 2.24) is 10.3 Å². The average molecular weight is 259 g/mol. The lowest BCUT2D eigenvalue weighted by atomic mass is 10.1. The first-order chi connectivity index (χ1) is 9.15. The molecule has 0 aliphatic rings. The summed E-state index contributed by atoms with van der Waals surface area (Å²) in [5.41, 5.74) is 8.04. The van der Waals surface area contributed by atoms with E-state index < -0.39 is 6.09 Å². The van der Waals surface area contributed by atoms with Crippen LogP contribution in [0.1, 0.15) is 11.3 Å². The van der Waals surface area contributed by atoms with Crippen LogP contribution in [0, 0.1) is 6.92 Å². The van der Waals surface area contributed by atoms with Gasteiger partial charge in [0.15, 0.2) is 0 Å². The third-order valence-corrected chi connectivity index (χ3v) is 2.75. The molecule has 0 fully saturated rings. The first kappa shape index (κ1) is 13.3. The minimum absolute atomic E-state index is 0.281. The van der Waals surface area contributed by atoms with Gasteiger partial charge in [0, 0.05) is 24.2 Å². The zero-order chi connectivity index (χ0) is 13.7. The molecule has 0 radical (unpaired) electrons. The van der Waals surface area contributed by atoms with Crippen LogP contribution in [0.15, 0.2) is 30.3 Å². The van der Waals surface area contributed by atoms with Crippen molar-refractivity contribution in [3.8, 4) is 0 Å². The zero-order valence-corrected chi connectivity index (χ0v) is 10.8. The number of benzene rings is 1. The van der Waals surface area contributed by atoms with Crippen molar-refractivity contribution in [2.45, 2.75) is 13.5 Å². The second-order valence-corrected chi connectivity index (χ2v) is 4.32. The molecule has 1 aromatic heterocycles. The van der Waals surface area contributed by atoms with Gasteiger partial charge in [-0.05, 0) is 30.7 Å². The number of aromatic nitrogens is 1. The van der Waals surface area contributed by atoms with Crippen molar-refractivity contribution in [3.05, 3.63) is 41.6 Å². The summed E-state index contributed by atoms with van der Waals surface area (Å²) in [5.74, 6) is 0. The number of hydrogen-bond acceptors (Lipinski definition) is 4. The van der Waals surface area contributed by atoms with E-state index in [4.69, 9.17) is 5.73 Å². The van der Waals surface area contributed by atoms with E-state index in [-0.39, 0.29) is 6.61 Å². The number of fused-ring (bicyclic) bond motifs is 1. The van der Waals surface area contributed by atoms with Crippen LogP contribution in [0.2, 0.25) is 0 Å². The summed E-state index contributed by atoms with van der Waals surface area (Å²) >= 11 is 0. The molecule has 2 rings (SSSR count). The van der Waals surface area contributed by atoms with Gasteiger partial charge in [-0.25, -0.2) is 4.79 Å². The molecule has 0 saturated heterocycles. The van der Waals surface area contributed by atoms with E-state index in [1.165, 1.54) is 0 Å². The smallest absolute Gasteiger partial charge is 0.404 e. The minimum atomic E-state index is -0.742. The Bertz CT molecular complexity index is 584. The van der Waals surface area contributed by atoms with Gasteiger partial charge in [-0.2, -0.15) is 0 Å². The van der Waals surface area contributed by atoms with E-state index in [2.05, 4.69) is 27.2 Å². The Morgan fingerprint density at radius 3 is 3.00 bits per heavy atom. The van der Waals surface area contributed by atoms with Crippen molar-refractivity contribution >= 4 is 17.0 Å². The van der Waals surface area contributed by atoms with Crippen LogP contribution >= 0.6 is 0 Å². The molecule has 1 amide bonds. The summed E-state index contributed by atoms with van der Waals surface area (Å²) in [5, 5.41) is 4.30. The topological polar surface area (TPSA) is 77.2 Å². The number of aryl methyl sites for hydroxylation is 1. The number of rotatable bonds is 5. The summed E-state index contributed by atoms with van der Waals surface area (Å²) in [4.78, 5) is 14.8. The number of nitrogens with two attached hydrogens (primary N) is 1. The fraction of sp³-hybridized carbons (Fsp3) is 0.286. The van der Waals surface area contributed by atoms with Crippen molar-refractivity contribution in [3.63, 3.8) is 0 Å². The molecule has 0 unspecified atom stereocenters. The van der Waals surface area contributed by atoms with Gasteiger partial charge in [0.05, 0.1) is 5.52 Å². The molecule has 19 heavy (non-hydrogen) atoms. The summed E-state index contributed by atoms with van der Waals surface area (Å²) in [6.07, 6.45) is -0.742. The van der Waals surface area contributed by atoms with Crippen molar-refractivity contribution < 1.29 is 9.53 Å². The molecule has 5 heteroatoms. The number of carbonyl (C=O) groups is 1. The Kier molecular flexibility index (Phi) is 4.30. The number of nitrogens with one attached hydrogen (secondary N) is 1. The first-order valence-electron chi connectivity index (χ1n) is 6.14. The van der Waals surface area contributed by atoms with Crippen molar-refractivity contribution in [1.29, 1.82) is 0 Å². The number of pyridine rings is 1. The van der Waals surface area contributed by atoms with Gasteiger partial charge in [0.25, 0.3) is 0 Å². The summed E-state index contributed by atoms with van der Waals surface area (Å²) < 4.78 is 4.63. The van der Waals surface area contributed by atoms with Gasteiger partial charge < -0.3 is 15.8 Å². The normalized spacial score (nSPS) is 10.6. The molecule has 0 atom stereocenters. The molecule has 0 spiro atoms. The van der Waals surface area contributed by atoms with E-state index in [1.54, 1.807) is 0 Å². The molecule has 1 aromatic carbocycles. The lowest BCUT2D eigenvalue weighted by Crippen LogP contribution is -2.23. The Morgan fingerprint density at radius 2 is 2.21 bits per heavy atom. The molecule has 2 aromatic rings. The molecule has 0 bridgehead atoms. The highest BCUT2D eigenvalue weighted by atomic mass is 16.5. The third-order valence-electron chi connectivity index (χ3n) is 2.75. The molecular formula is C14H17N3O2. The highest BCUT2D eigenvalue weighted by Gasteiger charge is 1.99. The maximum Gasteiger partial charge on any atom is 0.404 e. The van der Waals surface area contributed by atoms with Crippen LogP contribution in [0.3, 0.4) is 0 Å². The Labute approximate surface area is 111 Å². The van der Waals surface area contributed by atoms with Crippen LogP contribution in [0.4, 0.5) is 4.79 Å². The summed E-state index contributed by atoms with van der Waals surface area (Å²) in [7, 11) is 0. The highest BCUT2D eigenvalue weighted by Crippen LogP contribution is 2.14. The van der Waals surface area contributed by atoms with Gasteiger partial charge in [0.1, 0.15) is 6.61 Å². The fourth-order valence-corrected chi connectivity index (χ4v) is 1.84. The molecule has 100 valence electrons. The standard InChI is InChI=1S/C14H17N3O2/c1-10-2-4-12-8-11(3-5-13(12)17-10)9-16-6-7-19-14(15)18/h2-5,8,16H,6-7,9H2,1H3,(H2,15,18). The zero-order valence-electron chi connectivity index (χ0n) is 10.8. The van der Waals surface area contributed by atoms with Gasteiger partial charge >= 0.3 is 6.09 Å². The number of primary amides is 1. The van der Waals surface area contributed by atoms with Crippen LogP contribution in [-0.2, 0) is 11.3 Å². The minimum Gasteiger partial charge on any atom is -0.448 e. The maximum absolute atomic E-state index is 10.4. The Hall–Kier alpha value is -2.14. The number of ether oxygens (including phenoxy) is 1. The average Bonchev–Trinajstić information content (AvgIpc) is 2.38. The predicted octanol–water partition coefficient (Wildman–Crippen LogP) is 1.73. The van der Waals surface area contributed by atoms with E-state index in [0.29, 0.717) is 13.1 Å². The molecule has 0 aliphatic heterocycles. The van der Waals surface area contributed by atoms with E-state index in [1.807, 2.05) is 25.1 Å². The molecule has 0 saturated carbocycles.